The molecule has 1 aliphatic rings. The number of benzene rings is 3. The minimum Gasteiger partial charge on any atom is -0.368 e. The predicted octanol–water partition coefficient (Wildman–Crippen LogP) is 3.91. The number of rotatable bonds is 15. The highest BCUT2D eigenvalue weighted by molar-refractivity contribution is 5.95. The summed E-state index contributed by atoms with van der Waals surface area (Å²) < 4.78 is 0. The molecule has 5 atom stereocenters. The van der Waals surface area contributed by atoms with Crippen LogP contribution in [0.3, 0.4) is 0 Å². The number of hydrogen-bond donors (Lipinski definition) is 5. The lowest BCUT2D eigenvalue weighted by atomic mass is 9.84. The Kier molecular flexibility index (Phi) is 12.7. The number of carbonyl (C=O) groups excluding carboxylic acids is 4. The lowest BCUT2D eigenvalue weighted by Gasteiger charge is -2.30. The van der Waals surface area contributed by atoms with Crippen molar-refractivity contribution in [3.8, 4) is 0 Å². The van der Waals surface area contributed by atoms with Crippen LogP contribution in [0.2, 0.25) is 0 Å². The minimum atomic E-state index is -0.996. The Hall–Kier alpha value is -4.24. The average Bonchev–Trinajstić information content (AvgIpc) is 3.06. The summed E-state index contributed by atoms with van der Waals surface area (Å²) in [5, 5.41) is 10.7. The molecule has 0 saturated heterocycles. The first-order chi connectivity index (χ1) is 22.1. The van der Waals surface area contributed by atoms with E-state index in [2.05, 4.69) is 16.0 Å². The van der Waals surface area contributed by atoms with Crippen LogP contribution in [-0.4, -0.2) is 47.8 Å². The van der Waals surface area contributed by atoms with E-state index >= 15 is 0 Å². The Bertz CT molecular complexity index is 1470. The molecule has 0 aliphatic heterocycles. The molecule has 1 aliphatic carbocycles. The van der Waals surface area contributed by atoms with Crippen LogP contribution in [0, 0.1) is 11.8 Å². The number of primary amides is 1. The fourth-order valence-corrected chi connectivity index (χ4v) is 6.27. The maximum Gasteiger partial charge on any atom is 0.243 e. The lowest BCUT2D eigenvalue weighted by Crippen LogP contribution is -2.59. The summed E-state index contributed by atoms with van der Waals surface area (Å²) in [6.45, 7) is 3.80. The van der Waals surface area contributed by atoms with Gasteiger partial charge < -0.3 is 27.4 Å². The van der Waals surface area contributed by atoms with Crippen molar-refractivity contribution in [3.63, 3.8) is 0 Å². The first-order valence-corrected chi connectivity index (χ1v) is 16.6. The number of fused-ring (bicyclic) bond motifs is 1. The van der Waals surface area contributed by atoms with Crippen molar-refractivity contribution < 1.29 is 19.2 Å². The molecule has 0 heterocycles. The van der Waals surface area contributed by atoms with E-state index in [-0.39, 0.29) is 12.3 Å². The molecule has 9 heteroatoms. The molecule has 0 radical (unpaired) electrons. The van der Waals surface area contributed by atoms with Gasteiger partial charge in [0.2, 0.25) is 23.6 Å². The van der Waals surface area contributed by atoms with E-state index in [4.69, 9.17) is 11.5 Å². The van der Waals surface area contributed by atoms with Crippen molar-refractivity contribution in [1.29, 1.82) is 0 Å². The van der Waals surface area contributed by atoms with Gasteiger partial charge in [0, 0.05) is 6.42 Å². The molecule has 1 fully saturated rings. The molecule has 4 rings (SSSR count). The zero-order valence-corrected chi connectivity index (χ0v) is 27.0. The van der Waals surface area contributed by atoms with Crippen molar-refractivity contribution in [1.82, 2.24) is 16.0 Å². The maximum absolute atomic E-state index is 14.0. The Morgan fingerprint density at radius 2 is 1.39 bits per heavy atom. The van der Waals surface area contributed by atoms with Gasteiger partial charge >= 0.3 is 0 Å². The monoisotopic (exact) mass is 627 g/mol. The molecule has 246 valence electrons. The third-order valence-corrected chi connectivity index (χ3v) is 9.27. The largest absolute Gasteiger partial charge is 0.368 e. The van der Waals surface area contributed by atoms with Gasteiger partial charge in [-0.15, -0.1) is 0 Å². The van der Waals surface area contributed by atoms with Gasteiger partial charge in [-0.3, -0.25) is 19.2 Å². The van der Waals surface area contributed by atoms with Gasteiger partial charge in [-0.1, -0.05) is 125 Å². The van der Waals surface area contributed by atoms with Crippen LogP contribution in [0.15, 0.2) is 72.8 Å². The van der Waals surface area contributed by atoms with E-state index in [1.165, 1.54) is 6.42 Å². The Labute approximate surface area is 272 Å². The summed E-state index contributed by atoms with van der Waals surface area (Å²) in [6.07, 6.45) is 7.01. The average molecular weight is 628 g/mol. The Morgan fingerprint density at radius 3 is 2.07 bits per heavy atom. The predicted molar refractivity (Wildman–Crippen MR) is 181 cm³/mol. The summed E-state index contributed by atoms with van der Waals surface area (Å²) in [6, 6.07) is 19.7. The summed E-state index contributed by atoms with van der Waals surface area (Å²) in [4.78, 5) is 53.3. The van der Waals surface area contributed by atoms with Crippen LogP contribution in [0.5, 0.6) is 0 Å². The maximum atomic E-state index is 14.0. The van der Waals surface area contributed by atoms with Crippen LogP contribution in [-0.2, 0) is 32.0 Å². The second-order valence-corrected chi connectivity index (χ2v) is 12.8. The smallest absolute Gasteiger partial charge is 0.243 e. The van der Waals surface area contributed by atoms with E-state index in [0.29, 0.717) is 25.2 Å². The Balaban J connectivity index is 1.52. The normalized spacial score (nSPS) is 16.8. The molecule has 4 amide bonds. The molecular weight excluding hydrogens is 578 g/mol. The van der Waals surface area contributed by atoms with Crippen molar-refractivity contribution in [2.75, 3.05) is 0 Å². The first-order valence-electron chi connectivity index (χ1n) is 16.6. The highest BCUT2D eigenvalue weighted by Gasteiger charge is 2.33. The van der Waals surface area contributed by atoms with Crippen LogP contribution in [0.4, 0.5) is 0 Å². The molecule has 3 aromatic rings. The van der Waals surface area contributed by atoms with Crippen molar-refractivity contribution in [3.05, 3.63) is 83.9 Å². The first kappa shape index (κ1) is 34.6. The molecule has 1 saturated carbocycles. The van der Waals surface area contributed by atoms with Gasteiger partial charge in [0.15, 0.2) is 0 Å². The number of nitrogens with two attached hydrogens (primary N) is 2. The second kappa shape index (κ2) is 16.9. The highest BCUT2D eigenvalue weighted by Crippen LogP contribution is 2.27. The third-order valence-electron chi connectivity index (χ3n) is 9.27. The van der Waals surface area contributed by atoms with E-state index in [9.17, 15) is 19.2 Å². The van der Waals surface area contributed by atoms with Gasteiger partial charge in [-0.05, 0) is 46.6 Å². The van der Waals surface area contributed by atoms with E-state index in [0.717, 1.165) is 47.6 Å². The van der Waals surface area contributed by atoms with Gasteiger partial charge in [0.05, 0.1) is 6.04 Å². The van der Waals surface area contributed by atoms with Crippen LogP contribution < -0.4 is 27.4 Å². The van der Waals surface area contributed by atoms with Gasteiger partial charge in [0.25, 0.3) is 0 Å². The standard InChI is InChI=1S/C37H49N5O4/c1-3-24(2)33(37(46)40-31(34(39)43)22-26-14-8-5-9-15-26)42-36(45)32(23-27-18-19-28-16-10-11-17-29(28)20-27)41-35(44)30(38)21-25-12-6-4-7-13-25/h4,6-7,10-13,16-20,24,26,30-33H,3,5,8-9,14-15,21-23,38H2,1-2H3,(H2,39,43)(H,40,46)(H,41,44)(H,42,45)/t24-,30-,31-,32-,33+/m0/s1. The topological polar surface area (TPSA) is 156 Å². The molecule has 46 heavy (non-hydrogen) atoms. The fourth-order valence-electron chi connectivity index (χ4n) is 6.27. The fraction of sp³-hybridized carbons (Fsp3) is 0.459. The zero-order valence-electron chi connectivity index (χ0n) is 27.0. The highest BCUT2D eigenvalue weighted by atomic mass is 16.2. The molecule has 0 aromatic heterocycles. The van der Waals surface area contributed by atoms with Crippen LogP contribution >= 0.6 is 0 Å². The minimum absolute atomic E-state index is 0.195. The quantitative estimate of drug-likeness (QED) is 0.173. The molecule has 3 aromatic carbocycles. The SMILES string of the molecule is CC[C@H](C)[C@@H](NC(=O)[C@H](Cc1ccc2ccccc2c1)NC(=O)[C@@H](N)Cc1ccccc1)C(=O)N[C@@H](CC1CCCCC1)C(N)=O. The molecule has 7 N–H and O–H groups in total. The molecule has 0 spiro atoms. The summed E-state index contributed by atoms with van der Waals surface area (Å²) >= 11 is 0. The Morgan fingerprint density at radius 1 is 0.739 bits per heavy atom. The van der Waals surface area contributed by atoms with Crippen molar-refractivity contribution >= 4 is 34.4 Å². The van der Waals surface area contributed by atoms with E-state index in [1.807, 2.05) is 86.6 Å². The number of nitrogens with one attached hydrogen (secondary N) is 3. The third kappa shape index (κ3) is 9.88. The number of hydrogen-bond acceptors (Lipinski definition) is 5. The van der Waals surface area contributed by atoms with E-state index in [1.54, 1.807) is 0 Å². The van der Waals surface area contributed by atoms with Crippen LogP contribution in [0.1, 0.15) is 69.9 Å². The van der Waals surface area contributed by atoms with Crippen molar-refractivity contribution in [2.24, 2.45) is 23.3 Å². The van der Waals surface area contributed by atoms with Crippen LogP contribution in [0.25, 0.3) is 10.8 Å². The summed E-state index contributed by atoms with van der Waals surface area (Å²) in [7, 11) is 0. The molecule has 0 unspecified atom stereocenters. The van der Waals surface area contributed by atoms with E-state index < -0.39 is 47.8 Å². The number of amides is 4. The summed E-state index contributed by atoms with van der Waals surface area (Å²) in [5.74, 6) is -1.93. The lowest BCUT2D eigenvalue weighted by molar-refractivity contribution is -0.134. The molecular formula is C37H49N5O4. The second-order valence-electron chi connectivity index (χ2n) is 12.8. The van der Waals surface area contributed by atoms with Gasteiger partial charge in [0.1, 0.15) is 18.1 Å². The zero-order chi connectivity index (χ0) is 33.1. The number of carbonyl (C=O) groups is 4. The van der Waals surface area contributed by atoms with Gasteiger partial charge in [-0.2, -0.15) is 0 Å². The van der Waals surface area contributed by atoms with Gasteiger partial charge in [-0.25, -0.2) is 0 Å². The molecule has 9 nitrogen and oxygen atoms in total. The van der Waals surface area contributed by atoms with Crippen molar-refractivity contribution in [2.45, 2.75) is 95.8 Å². The summed E-state index contributed by atoms with van der Waals surface area (Å²) in [5.41, 5.74) is 13.8. The molecule has 0 bridgehead atoms.